The first-order valence-corrected chi connectivity index (χ1v) is 6.38. The lowest BCUT2D eigenvalue weighted by Gasteiger charge is -2.03. The highest BCUT2D eigenvalue weighted by atomic mass is 16.1. The minimum atomic E-state index is 0.146. The molecule has 1 aromatic carbocycles. The Morgan fingerprint density at radius 1 is 1.22 bits per heavy atom. The number of carbonyl (C=O) groups is 1. The van der Waals surface area contributed by atoms with Crippen LogP contribution in [0.4, 0.5) is 0 Å². The summed E-state index contributed by atoms with van der Waals surface area (Å²) in [7, 11) is 0. The lowest BCUT2D eigenvalue weighted by atomic mass is 10.1. The van der Waals surface area contributed by atoms with E-state index in [1.54, 1.807) is 0 Å². The van der Waals surface area contributed by atoms with Crippen LogP contribution in [-0.4, -0.2) is 15.6 Å². The van der Waals surface area contributed by atoms with Crippen LogP contribution in [0, 0.1) is 0 Å². The number of rotatable bonds is 5. The molecule has 2 aromatic rings. The molecular weight excluding hydrogens is 224 g/mol. The van der Waals surface area contributed by atoms with Crippen LogP contribution < -0.4 is 0 Å². The zero-order valence-corrected chi connectivity index (χ0v) is 10.9. The summed E-state index contributed by atoms with van der Waals surface area (Å²) in [5, 5.41) is 4.46. The van der Waals surface area contributed by atoms with Crippen LogP contribution in [-0.2, 0) is 19.4 Å². The van der Waals surface area contributed by atoms with E-state index in [0.29, 0.717) is 6.42 Å². The van der Waals surface area contributed by atoms with Gasteiger partial charge in [-0.3, -0.25) is 9.48 Å². The highest BCUT2D eigenvalue weighted by Crippen LogP contribution is 2.10. The number of aromatic nitrogens is 2. The molecule has 0 amide bonds. The average Bonchev–Trinajstić information content (AvgIpc) is 2.82. The molecule has 0 spiro atoms. The lowest BCUT2D eigenvalue weighted by molar-refractivity contribution is 0.0990. The van der Waals surface area contributed by atoms with E-state index >= 15 is 0 Å². The minimum Gasteiger partial charge on any atom is -0.294 e. The summed E-state index contributed by atoms with van der Waals surface area (Å²) >= 11 is 0. The summed E-state index contributed by atoms with van der Waals surface area (Å²) < 4.78 is 1.92. The molecule has 3 nitrogen and oxygen atoms in total. The Hall–Kier alpha value is -1.90. The summed E-state index contributed by atoms with van der Waals surface area (Å²) in [6.45, 7) is 4.92. The van der Waals surface area contributed by atoms with Gasteiger partial charge in [-0.25, -0.2) is 0 Å². The summed E-state index contributed by atoms with van der Waals surface area (Å²) in [6.07, 6.45) is 1.32. The van der Waals surface area contributed by atoms with Crippen LogP contribution >= 0.6 is 0 Å². The number of aryl methyl sites for hydroxylation is 2. The average molecular weight is 242 g/mol. The second-order valence-electron chi connectivity index (χ2n) is 4.26. The Morgan fingerprint density at radius 3 is 2.56 bits per heavy atom. The number of hydrogen-bond acceptors (Lipinski definition) is 2. The quantitative estimate of drug-likeness (QED) is 0.756. The first-order valence-electron chi connectivity index (χ1n) is 6.38. The molecule has 18 heavy (non-hydrogen) atoms. The maximum Gasteiger partial charge on any atom is 0.168 e. The zero-order chi connectivity index (χ0) is 13.0. The summed E-state index contributed by atoms with van der Waals surface area (Å²) in [5.41, 5.74) is 2.82. The lowest BCUT2D eigenvalue weighted by Crippen LogP contribution is -2.09. The van der Waals surface area contributed by atoms with E-state index in [0.717, 1.165) is 29.9 Å². The van der Waals surface area contributed by atoms with Gasteiger partial charge in [0.05, 0.1) is 12.1 Å². The van der Waals surface area contributed by atoms with Crippen molar-refractivity contribution in [2.24, 2.45) is 0 Å². The maximum absolute atomic E-state index is 12.1. The summed E-state index contributed by atoms with van der Waals surface area (Å²) in [4.78, 5) is 12.1. The Balaban J connectivity index is 2.19. The fourth-order valence-electron chi connectivity index (χ4n) is 1.99. The van der Waals surface area contributed by atoms with Gasteiger partial charge in [0.15, 0.2) is 5.78 Å². The van der Waals surface area contributed by atoms with Gasteiger partial charge in [-0.1, -0.05) is 37.3 Å². The van der Waals surface area contributed by atoms with Crippen molar-refractivity contribution >= 4 is 5.78 Å². The number of hydrogen-bond donors (Lipinski definition) is 0. The number of carbonyl (C=O) groups excluding carboxylic acids is 1. The van der Waals surface area contributed by atoms with Crippen molar-refractivity contribution in [3.05, 3.63) is 53.3 Å². The molecule has 0 atom stereocenters. The molecule has 0 N–H and O–H groups in total. The van der Waals surface area contributed by atoms with Crippen molar-refractivity contribution in [1.29, 1.82) is 0 Å². The van der Waals surface area contributed by atoms with Crippen LogP contribution in [0.2, 0.25) is 0 Å². The Labute approximate surface area is 107 Å². The number of nitrogens with zero attached hydrogens (tertiary/aromatic N) is 2. The van der Waals surface area contributed by atoms with Crippen LogP contribution in [0.1, 0.15) is 35.6 Å². The fourth-order valence-corrected chi connectivity index (χ4v) is 1.99. The van der Waals surface area contributed by atoms with Gasteiger partial charge in [0.2, 0.25) is 0 Å². The van der Waals surface area contributed by atoms with Crippen molar-refractivity contribution in [3.63, 3.8) is 0 Å². The third-order valence-electron chi connectivity index (χ3n) is 3.01. The van der Waals surface area contributed by atoms with Gasteiger partial charge in [-0.05, 0) is 19.4 Å². The van der Waals surface area contributed by atoms with Crippen LogP contribution in [0.3, 0.4) is 0 Å². The van der Waals surface area contributed by atoms with Gasteiger partial charge >= 0.3 is 0 Å². The smallest absolute Gasteiger partial charge is 0.168 e. The van der Waals surface area contributed by atoms with Gasteiger partial charge in [-0.15, -0.1) is 0 Å². The third-order valence-corrected chi connectivity index (χ3v) is 3.01. The molecule has 0 saturated carbocycles. The van der Waals surface area contributed by atoms with Crippen LogP contribution in [0.15, 0.2) is 36.4 Å². The zero-order valence-electron chi connectivity index (χ0n) is 10.9. The fraction of sp³-hybridized carbons (Fsp3) is 0.333. The molecule has 3 heteroatoms. The summed E-state index contributed by atoms with van der Waals surface area (Å²) in [6, 6.07) is 11.4. The molecule has 0 unspecified atom stereocenters. The van der Waals surface area contributed by atoms with E-state index in [4.69, 9.17) is 0 Å². The van der Waals surface area contributed by atoms with Crippen molar-refractivity contribution in [2.45, 2.75) is 33.2 Å². The van der Waals surface area contributed by atoms with Crippen LogP contribution in [0.5, 0.6) is 0 Å². The second kappa shape index (κ2) is 5.63. The summed E-state index contributed by atoms with van der Waals surface area (Å²) in [5.74, 6) is 0.146. The second-order valence-corrected chi connectivity index (χ2v) is 4.26. The van der Waals surface area contributed by atoms with Crippen molar-refractivity contribution in [2.75, 3.05) is 0 Å². The van der Waals surface area contributed by atoms with Crippen molar-refractivity contribution in [1.82, 2.24) is 9.78 Å². The molecule has 0 saturated heterocycles. The predicted molar refractivity (Wildman–Crippen MR) is 71.8 cm³/mol. The molecule has 1 aromatic heterocycles. The molecule has 0 fully saturated rings. The molecule has 2 rings (SSSR count). The molecule has 0 bridgehead atoms. The molecule has 0 aliphatic heterocycles. The van der Waals surface area contributed by atoms with E-state index in [-0.39, 0.29) is 5.78 Å². The molecule has 94 valence electrons. The largest absolute Gasteiger partial charge is 0.294 e. The maximum atomic E-state index is 12.1. The van der Waals surface area contributed by atoms with Gasteiger partial charge in [0, 0.05) is 17.8 Å². The van der Waals surface area contributed by atoms with E-state index in [1.165, 1.54) is 0 Å². The SMILES string of the molecule is CCc1cc(CC(=O)c2ccccc2)n(CC)n1. The topological polar surface area (TPSA) is 34.9 Å². The van der Waals surface area contributed by atoms with E-state index < -0.39 is 0 Å². The number of Topliss-reactive ketones (excluding diaryl/α,β-unsaturated/α-hetero) is 1. The van der Waals surface area contributed by atoms with Gasteiger partial charge in [0.1, 0.15) is 0 Å². The van der Waals surface area contributed by atoms with E-state index in [1.807, 2.05) is 48.0 Å². The van der Waals surface area contributed by atoms with E-state index in [9.17, 15) is 4.79 Å². The first-order chi connectivity index (χ1) is 8.74. The standard InChI is InChI=1S/C15H18N2O/c1-3-13-10-14(17(4-2)16-13)11-15(18)12-8-6-5-7-9-12/h5-10H,3-4,11H2,1-2H3. The van der Waals surface area contributed by atoms with Gasteiger partial charge in [-0.2, -0.15) is 5.10 Å². The normalized spacial score (nSPS) is 10.6. The third kappa shape index (κ3) is 2.67. The monoisotopic (exact) mass is 242 g/mol. The Morgan fingerprint density at radius 2 is 1.94 bits per heavy atom. The van der Waals surface area contributed by atoms with Gasteiger partial charge in [0.25, 0.3) is 0 Å². The molecule has 0 aliphatic rings. The first kappa shape index (κ1) is 12.6. The molecule has 1 heterocycles. The predicted octanol–water partition coefficient (Wildman–Crippen LogP) is 2.89. The minimum absolute atomic E-state index is 0.146. The number of benzene rings is 1. The molecule has 0 radical (unpaired) electrons. The Bertz CT molecular complexity index is 529. The van der Waals surface area contributed by atoms with Crippen molar-refractivity contribution < 1.29 is 4.79 Å². The molecular formula is C15H18N2O. The Kier molecular flexibility index (Phi) is 3.92. The van der Waals surface area contributed by atoms with E-state index in [2.05, 4.69) is 12.0 Å². The van der Waals surface area contributed by atoms with Gasteiger partial charge < -0.3 is 0 Å². The van der Waals surface area contributed by atoms with Crippen LogP contribution in [0.25, 0.3) is 0 Å². The highest BCUT2D eigenvalue weighted by molar-refractivity contribution is 5.97. The molecule has 0 aliphatic carbocycles. The highest BCUT2D eigenvalue weighted by Gasteiger charge is 2.11. The van der Waals surface area contributed by atoms with Crippen molar-refractivity contribution in [3.8, 4) is 0 Å². The number of ketones is 1.